The van der Waals surface area contributed by atoms with E-state index in [4.69, 9.17) is 11.6 Å². The number of alkyl halides is 4. The van der Waals surface area contributed by atoms with Gasteiger partial charge in [-0.05, 0) is 12.5 Å². The van der Waals surface area contributed by atoms with Gasteiger partial charge in [-0.3, -0.25) is 10.1 Å². The molecule has 0 fully saturated rings. The van der Waals surface area contributed by atoms with Gasteiger partial charge in [0, 0.05) is 6.54 Å². The maximum absolute atomic E-state index is 13.5. The Hall–Kier alpha value is -1.80. The average molecular weight is 353 g/mol. The molecule has 0 aliphatic heterocycles. The first-order valence-corrected chi connectivity index (χ1v) is 7.20. The normalized spacial score (nSPS) is 14.0. The number of amides is 1. The van der Waals surface area contributed by atoms with Crippen molar-refractivity contribution < 1.29 is 27.5 Å². The summed E-state index contributed by atoms with van der Waals surface area (Å²) in [5.41, 5.74) is -2.88. The first-order chi connectivity index (χ1) is 10.8. The highest BCUT2D eigenvalue weighted by atomic mass is 35.5. The Morgan fingerprint density at radius 2 is 1.83 bits per heavy atom. The molecule has 0 aliphatic rings. The molecular weight excluding hydrogens is 337 g/mol. The summed E-state index contributed by atoms with van der Waals surface area (Å²) in [6, 6.07) is 8.11. The van der Waals surface area contributed by atoms with Crippen LogP contribution in [0, 0.1) is 0 Å². The predicted molar refractivity (Wildman–Crippen MR) is 77.6 cm³/mol. The Bertz CT molecular complexity index is 540. The summed E-state index contributed by atoms with van der Waals surface area (Å²) in [6.45, 7) is 0.766. The minimum Gasteiger partial charge on any atom is -0.463 e. The lowest BCUT2D eigenvalue weighted by Crippen LogP contribution is -2.72. The van der Waals surface area contributed by atoms with Crippen molar-refractivity contribution in [2.24, 2.45) is 0 Å². The summed E-state index contributed by atoms with van der Waals surface area (Å²) < 4.78 is 45.1. The minimum absolute atomic E-state index is 0.277. The second kappa shape index (κ2) is 8.16. The fraction of sp³-hybridized carbons (Fsp3) is 0.429. The van der Waals surface area contributed by atoms with E-state index in [1.165, 1.54) is 6.92 Å². The van der Waals surface area contributed by atoms with Crippen LogP contribution >= 0.6 is 11.6 Å². The van der Waals surface area contributed by atoms with Gasteiger partial charge < -0.3 is 10.1 Å². The lowest BCUT2D eigenvalue weighted by Gasteiger charge is -2.34. The first-order valence-electron chi connectivity index (χ1n) is 6.66. The predicted octanol–water partition coefficient (Wildman–Crippen LogP) is 1.95. The van der Waals surface area contributed by atoms with Crippen LogP contribution in [-0.2, 0) is 20.9 Å². The van der Waals surface area contributed by atoms with Crippen molar-refractivity contribution in [2.45, 2.75) is 25.3 Å². The fourth-order valence-electron chi connectivity index (χ4n) is 1.77. The number of carbonyl (C=O) groups excluding carboxylic acids is 2. The molecule has 23 heavy (non-hydrogen) atoms. The smallest absolute Gasteiger partial charge is 0.436 e. The molecule has 0 aliphatic carbocycles. The topological polar surface area (TPSA) is 67.4 Å². The Labute approximate surface area is 136 Å². The number of hydrogen-bond acceptors (Lipinski definition) is 4. The molecule has 0 heterocycles. The van der Waals surface area contributed by atoms with E-state index in [0.29, 0.717) is 5.56 Å². The maximum atomic E-state index is 13.5. The highest BCUT2D eigenvalue weighted by molar-refractivity contribution is 6.27. The molecule has 1 amide bonds. The Morgan fingerprint density at radius 3 is 2.30 bits per heavy atom. The number of hydrogen-bond donors (Lipinski definition) is 2. The van der Waals surface area contributed by atoms with Crippen LogP contribution in [0.15, 0.2) is 30.3 Å². The molecule has 1 aromatic rings. The Kier molecular flexibility index (Phi) is 6.83. The van der Waals surface area contributed by atoms with E-state index >= 15 is 0 Å². The Morgan fingerprint density at radius 1 is 1.22 bits per heavy atom. The molecule has 0 spiro atoms. The molecule has 1 unspecified atom stereocenters. The van der Waals surface area contributed by atoms with E-state index in [0.717, 1.165) is 0 Å². The summed E-state index contributed by atoms with van der Waals surface area (Å²) in [5.74, 6) is -3.54. The number of nitrogens with one attached hydrogen (secondary N) is 2. The largest absolute Gasteiger partial charge is 0.463 e. The molecule has 0 saturated carbocycles. The lowest BCUT2D eigenvalue weighted by atomic mass is 10.1. The zero-order valence-corrected chi connectivity index (χ0v) is 13.0. The van der Waals surface area contributed by atoms with Crippen LogP contribution < -0.4 is 10.6 Å². The van der Waals surface area contributed by atoms with Crippen LogP contribution in [0.4, 0.5) is 13.2 Å². The monoisotopic (exact) mass is 352 g/mol. The molecule has 0 bridgehead atoms. The van der Waals surface area contributed by atoms with Crippen molar-refractivity contribution >= 4 is 23.5 Å². The zero-order chi connectivity index (χ0) is 17.5. The SMILES string of the molecule is CCOC(=O)C(NCc1ccccc1)(NC(=O)CCl)C(F)(F)F. The summed E-state index contributed by atoms with van der Waals surface area (Å²) >= 11 is 5.25. The molecular formula is C14H16ClF3N2O3. The van der Waals surface area contributed by atoms with Gasteiger partial charge in [0.15, 0.2) is 0 Å². The number of ether oxygens (including phenoxy) is 1. The van der Waals surface area contributed by atoms with Gasteiger partial charge in [0.25, 0.3) is 5.66 Å². The van der Waals surface area contributed by atoms with Crippen molar-refractivity contribution in [1.82, 2.24) is 10.6 Å². The summed E-state index contributed by atoms with van der Waals surface area (Å²) in [6.07, 6.45) is -5.13. The van der Waals surface area contributed by atoms with Crippen LogP contribution in [0.1, 0.15) is 12.5 Å². The van der Waals surface area contributed by atoms with Crippen molar-refractivity contribution in [3.05, 3.63) is 35.9 Å². The fourth-order valence-corrected chi connectivity index (χ4v) is 1.83. The van der Waals surface area contributed by atoms with Crippen molar-refractivity contribution in [1.29, 1.82) is 0 Å². The molecule has 0 radical (unpaired) electrons. The van der Waals surface area contributed by atoms with Crippen LogP contribution in [0.5, 0.6) is 0 Å². The van der Waals surface area contributed by atoms with Crippen molar-refractivity contribution in [3.8, 4) is 0 Å². The molecule has 128 valence electrons. The number of halogens is 4. The van der Waals surface area contributed by atoms with Gasteiger partial charge in [0.2, 0.25) is 5.91 Å². The van der Waals surface area contributed by atoms with Crippen LogP contribution in [-0.4, -0.2) is 36.2 Å². The average Bonchev–Trinajstić information content (AvgIpc) is 2.51. The van der Waals surface area contributed by atoms with E-state index in [9.17, 15) is 22.8 Å². The van der Waals surface area contributed by atoms with E-state index in [-0.39, 0.29) is 13.2 Å². The van der Waals surface area contributed by atoms with E-state index in [1.54, 1.807) is 35.6 Å². The quantitative estimate of drug-likeness (QED) is 0.447. The van der Waals surface area contributed by atoms with Gasteiger partial charge >= 0.3 is 12.1 Å². The van der Waals surface area contributed by atoms with Gasteiger partial charge in [0.1, 0.15) is 5.88 Å². The third-order valence-electron chi connectivity index (χ3n) is 2.86. The molecule has 5 nitrogen and oxygen atoms in total. The second-order valence-electron chi connectivity index (χ2n) is 4.49. The van der Waals surface area contributed by atoms with Crippen LogP contribution in [0.3, 0.4) is 0 Å². The summed E-state index contributed by atoms with van der Waals surface area (Å²) in [7, 11) is 0. The molecule has 2 N–H and O–H groups in total. The van der Waals surface area contributed by atoms with Gasteiger partial charge in [-0.25, -0.2) is 4.79 Å². The van der Waals surface area contributed by atoms with E-state index in [1.807, 2.05) is 5.32 Å². The van der Waals surface area contributed by atoms with Gasteiger partial charge in [-0.2, -0.15) is 13.2 Å². The number of esters is 1. The third-order valence-corrected chi connectivity index (χ3v) is 3.10. The zero-order valence-electron chi connectivity index (χ0n) is 12.2. The molecule has 0 aromatic heterocycles. The van der Waals surface area contributed by atoms with Gasteiger partial charge in [0.05, 0.1) is 6.61 Å². The summed E-state index contributed by atoms with van der Waals surface area (Å²) in [4.78, 5) is 23.3. The highest BCUT2D eigenvalue weighted by Crippen LogP contribution is 2.30. The van der Waals surface area contributed by atoms with Gasteiger partial charge in [-0.1, -0.05) is 30.3 Å². The number of carbonyl (C=O) groups is 2. The maximum Gasteiger partial charge on any atom is 0.436 e. The van der Waals surface area contributed by atoms with Crippen molar-refractivity contribution in [2.75, 3.05) is 12.5 Å². The van der Waals surface area contributed by atoms with E-state index in [2.05, 4.69) is 4.74 Å². The molecule has 9 heteroatoms. The highest BCUT2D eigenvalue weighted by Gasteiger charge is 2.62. The molecule has 0 saturated heterocycles. The molecule has 1 atom stereocenters. The Balaban J connectivity index is 3.14. The third kappa shape index (κ3) is 4.84. The number of benzene rings is 1. The minimum atomic E-state index is -5.13. The van der Waals surface area contributed by atoms with Crippen LogP contribution in [0.2, 0.25) is 0 Å². The molecule has 1 rings (SSSR count). The van der Waals surface area contributed by atoms with Gasteiger partial charge in [-0.15, -0.1) is 11.6 Å². The summed E-state index contributed by atoms with van der Waals surface area (Å²) in [5, 5.41) is 3.64. The number of rotatable bonds is 7. The lowest BCUT2D eigenvalue weighted by molar-refractivity contribution is -0.221. The second-order valence-corrected chi connectivity index (χ2v) is 4.76. The van der Waals surface area contributed by atoms with Crippen LogP contribution in [0.25, 0.3) is 0 Å². The molecule has 1 aromatic carbocycles. The standard InChI is InChI=1S/C14H16ClF3N2O3/c1-2-23-12(22)13(14(16,17)18,20-11(21)8-15)19-9-10-6-4-3-5-7-10/h3-7,19H,2,8-9H2,1H3,(H,20,21). The first kappa shape index (κ1) is 19.2. The van der Waals surface area contributed by atoms with E-state index < -0.39 is 29.6 Å². The van der Waals surface area contributed by atoms with Crippen molar-refractivity contribution in [3.63, 3.8) is 0 Å².